The van der Waals surface area contributed by atoms with Gasteiger partial charge in [0.2, 0.25) is 0 Å². The average Bonchev–Trinajstić information content (AvgIpc) is 2.30. The Bertz CT molecular complexity index is 470. The number of anilines is 1. The third-order valence-corrected chi connectivity index (χ3v) is 2.24. The van der Waals surface area contributed by atoms with E-state index in [-0.39, 0.29) is 18.6 Å². The van der Waals surface area contributed by atoms with Crippen LogP contribution in [0.5, 0.6) is 0 Å². The minimum atomic E-state index is -1.25. The van der Waals surface area contributed by atoms with Gasteiger partial charge in [-0.1, -0.05) is 11.6 Å². The van der Waals surface area contributed by atoms with E-state index < -0.39 is 11.9 Å². The first kappa shape index (κ1) is 14.0. The molecular weight excluding hydrogens is 260 g/mol. The van der Waals surface area contributed by atoms with Gasteiger partial charge >= 0.3 is 11.9 Å². The molecule has 96 valence electrons. The van der Waals surface area contributed by atoms with E-state index in [4.69, 9.17) is 21.8 Å². The summed E-state index contributed by atoms with van der Waals surface area (Å²) in [4.78, 5) is 21.2. The molecule has 0 aromatic heterocycles. The Balaban J connectivity index is 2.68. The number of carboxylic acids is 2. The highest BCUT2D eigenvalue weighted by molar-refractivity contribution is 6.36. The highest BCUT2D eigenvalue weighted by Crippen LogP contribution is 2.13. The fraction of sp³-hybridized carbons (Fsp3) is 0.182. The Morgan fingerprint density at radius 3 is 2.28 bits per heavy atom. The molecule has 0 aliphatic rings. The Morgan fingerprint density at radius 2 is 1.78 bits per heavy atom. The van der Waals surface area contributed by atoms with Gasteiger partial charge in [0, 0.05) is 11.4 Å². The van der Waals surface area contributed by atoms with Crippen LogP contribution in [0.2, 0.25) is 5.02 Å². The fourth-order valence-corrected chi connectivity index (χ4v) is 1.22. The first-order valence-corrected chi connectivity index (χ1v) is 5.40. The SMILES string of the molecule is O=C(O)CC/C(=N\Nc1ccc(Cl)cc1)C(=O)O. The number of carboxylic acid groups (broad SMARTS) is 2. The summed E-state index contributed by atoms with van der Waals surface area (Å²) in [5.74, 6) is -2.33. The highest BCUT2D eigenvalue weighted by Gasteiger charge is 2.11. The molecule has 0 aliphatic carbocycles. The van der Waals surface area contributed by atoms with Crippen molar-refractivity contribution in [3.63, 3.8) is 0 Å². The van der Waals surface area contributed by atoms with Gasteiger partial charge in [-0.25, -0.2) is 4.79 Å². The molecule has 0 unspecified atom stereocenters. The Morgan fingerprint density at radius 1 is 1.17 bits per heavy atom. The molecule has 18 heavy (non-hydrogen) atoms. The summed E-state index contributed by atoms with van der Waals surface area (Å²) in [6.07, 6.45) is -0.432. The van der Waals surface area contributed by atoms with E-state index in [1.54, 1.807) is 24.3 Å². The normalized spacial score (nSPS) is 11.1. The lowest BCUT2D eigenvalue weighted by Crippen LogP contribution is -2.16. The molecule has 1 aromatic carbocycles. The van der Waals surface area contributed by atoms with Crippen LogP contribution in [0.15, 0.2) is 29.4 Å². The topological polar surface area (TPSA) is 99.0 Å². The number of aliphatic carboxylic acids is 2. The van der Waals surface area contributed by atoms with Crippen LogP contribution in [-0.4, -0.2) is 27.9 Å². The third-order valence-electron chi connectivity index (χ3n) is 1.99. The van der Waals surface area contributed by atoms with Gasteiger partial charge in [0.15, 0.2) is 0 Å². The van der Waals surface area contributed by atoms with Gasteiger partial charge in [0.1, 0.15) is 5.71 Å². The molecule has 0 aliphatic heterocycles. The van der Waals surface area contributed by atoms with E-state index in [1.807, 2.05) is 0 Å². The van der Waals surface area contributed by atoms with Gasteiger partial charge in [-0.2, -0.15) is 5.10 Å². The zero-order chi connectivity index (χ0) is 13.5. The predicted molar refractivity (Wildman–Crippen MR) is 67.0 cm³/mol. The molecule has 0 amide bonds. The van der Waals surface area contributed by atoms with Crippen LogP contribution in [0.4, 0.5) is 5.69 Å². The number of hydrogen-bond acceptors (Lipinski definition) is 4. The van der Waals surface area contributed by atoms with Crippen molar-refractivity contribution in [3.05, 3.63) is 29.3 Å². The molecule has 1 aromatic rings. The maximum absolute atomic E-state index is 10.8. The van der Waals surface area contributed by atoms with Crippen LogP contribution in [0.3, 0.4) is 0 Å². The number of rotatable bonds is 6. The summed E-state index contributed by atoms with van der Waals surface area (Å²) < 4.78 is 0. The second-order valence-corrected chi connectivity index (χ2v) is 3.81. The quantitative estimate of drug-likeness (QED) is 0.543. The molecule has 0 atom stereocenters. The van der Waals surface area contributed by atoms with E-state index >= 15 is 0 Å². The molecule has 0 spiro atoms. The number of hydrazone groups is 1. The largest absolute Gasteiger partial charge is 0.481 e. The molecule has 0 fully saturated rings. The monoisotopic (exact) mass is 270 g/mol. The maximum atomic E-state index is 10.8. The maximum Gasteiger partial charge on any atom is 0.352 e. The van der Waals surface area contributed by atoms with Gasteiger partial charge < -0.3 is 10.2 Å². The number of halogens is 1. The van der Waals surface area contributed by atoms with E-state index in [2.05, 4.69) is 10.5 Å². The minimum absolute atomic E-state index is 0.148. The van der Waals surface area contributed by atoms with Crippen LogP contribution < -0.4 is 5.43 Å². The molecule has 0 bridgehead atoms. The molecular formula is C11H11ClN2O4. The number of hydrogen-bond donors (Lipinski definition) is 3. The molecule has 1 rings (SSSR count). The van der Waals surface area contributed by atoms with Gasteiger partial charge in [0.05, 0.1) is 12.1 Å². The van der Waals surface area contributed by atoms with E-state index in [9.17, 15) is 9.59 Å². The Hall–Kier alpha value is -2.08. The molecule has 0 heterocycles. The Kier molecular flexibility index (Phi) is 5.13. The molecule has 6 nitrogen and oxygen atoms in total. The van der Waals surface area contributed by atoms with Gasteiger partial charge in [-0.15, -0.1) is 0 Å². The summed E-state index contributed by atoms with van der Waals surface area (Å²) in [7, 11) is 0. The standard InChI is InChI=1S/C11H11ClN2O4/c12-7-1-3-8(4-2-7)13-14-9(11(17)18)5-6-10(15)16/h1-4,13H,5-6H2,(H,15,16)(H,17,18)/b14-9+. The van der Waals surface area contributed by atoms with Crippen molar-refractivity contribution in [3.8, 4) is 0 Å². The second-order valence-electron chi connectivity index (χ2n) is 3.38. The van der Waals surface area contributed by atoms with Gasteiger partial charge in [0.25, 0.3) is 0 Å². The van der Waals surface area contributed by atoms with E-state index in [0.29, 0.717) is 10.7 Å². The zero-order valence-corrected chi connectivity index (χ0v) is 10.0. The lowest BCUT2D eigenvalue weighted by molar-refractivity contribution is -0.136. The predicted octanol–water partition coefficient (Wildman–Crippen LogP) is 2.06. The highest BCUT2D eigenvalue weighted by atomic mass is 35.5. The fourth-order valence-electron chi connectivity index (χ4n) is 1.09. The van der Waals surface area contributed by atoms with Crippen molar-refractivity contribution in [1.82, 2.24) is 0 Å². The lowest BCUT2D eigenvalue weighted by Gasteiger charge is -2.03. The van der Waals surface area contributed by atoms with Crippen molar-refractivity contribution < 1.29 is 19.8 Å². The molecule has 3 N–H and O–H groups in total. The molecule has 0 saturated heterocycles. The van der Waals surface area contributed by atoms with E-state index in [0.717, 1.165) is 0 Å². The average molecular weight is 271 g/mol. The summed E-state index contributed by atoms with van der Waals surface area (Å²) in [6, 6.07) is 6.50. The number of nitrogens with one attached hydrogen (secondary N) is 1. The summed E-state index contributed by atoms with van der Waals surface area (Å²) in [5, 5.41) is 21.5. The van der Waals surface area contributed by atoms with Crippen LogP contribution in [0.25, 0.3) is 0 Å². The van der Waals surface area contributed by atoms with Crippen molar-refractivity contribution in [2.75, 3.05) is 5.43 Å². The number of benzene rings is 1. The van der Waals surface area contributed by atoms with Crippen molar-refractivity contribution in [2.24, 2.45) is 5.10 Å². The van der Waals surface area contributed by atoms with Crippen LogP contribution in [-0.2, 0) is 9.59 Å². The van der Waals surface area contributed by atoms with Gasteiger partial charge in [-0.3, -0.25) is 10.2 Å². The summed E-state index contributed by atoms with van der Waals surface area (Å²) >= 11 is 5.69. The first-order valence-electron chi connectivity index (χ1n) is 5.02. The van der Waals surface area contributed by atoms with Crippen LogP contribution in [0.1, 0.15) is 12.8 Å². The summed E-state index contributed by atoms with van der Waals surface area (Å²) in [5.41, 5.74) is 2.85. The van der Waals surface area contributed by atoms with Crippen LogP contribution >= 0.6 is 11.6 Å². The molecule has 0 radical (unpaired) electrons. The third kappa shape index (κ3) is 4.84. The number of carbonyl (C=O) groups is 2. The van der Waals surface area contributed by atoms with E-state index in [1.165, 1.54) is 0 Å². The Labute approximate surface area is 108 Å². The summed E-state index contributed by atoms with van der Waals surface area (Å²) in [6.45, 7) is 0. The van der Waals surface area contributed by atoms with Crippen molar-refractivity contribution >= 4 is 34.9 Å². The number of nitrogens with zero attached hydrogens (tertiary/aromatic N) is 1. The van der Waals surface area contributed by atoms with Crippen LogP contribution in [0, 0.1) is 0 Å². The molecule has 0 saturated carbocycles. The zero-order valence-electron chi connectivity index (χ0n) is 9.26. The molecule has 7 heteroatoms. The first-order chi connectivity index (χ1) is 8.49. The smallest absolute Gasteiger partial charge is 0.352 e. The lowest BCUT2D eigenvalue weighted by atomic mass is 10.2. The minimum Gasteiger partial charge on any atom is -0.481 e. The van der Waals surface area contributed by atoms with Gasteiger partial charge in [-0.05, 0) is 24.3 Å². The van der Waals surface area contributed by atoms with Crippen molar-refractivity contribution in [1.29, 1.82) is 0 Å². The second kappa shape index (κ2) is 6.61. The van der Waals surface area contributed by atoms with Crippen molar-refractivity contribution in [2.45, 2.75) is 12.8 Å².